The first kappa shape index (κ1) is 9.85. The maximum absolute atomic E-state index is 5.95. The monoisotopic (exact) mass is 203 g/mol. The van der Waals surface area contributed by atoms with E-state index in [4.69, 9.17) is 28.9 Å². The molecule has 0 aliphatic rings. The van der Waals surface area contributed by atoms with Crippen molar-refractivity contribution in [2.24, 2.45) is 5.73 Å². The van der Waals surface area contributed by atoms with Gasteiger partial charge < -0.3 is 5.73 Å². The van der Waals surface area contributed by atoms with Crippen LogP contribution in [-0.4, -0.2) is 0 Å². The number of benzene rings is 1. The average Bonchev–Trinajstić information content (AvgIpc) is 2.08. The summed E-state index contributed by atoms with van der Waals surface area (Å²) in [5, 5.41) is 1.14. The number of nitrogens with two attached hydrogens (primary N) is 1. The van der Waals surface area contributed by atoms with Crippen LogP contribution in [-0.2, 0) is 0 Å². The molecule has 1 nitrogen and oxygen atoms in total. The number of hydrogen-bond donors (Lipinski definition) is 1. The van der Waals surface area contributed by atoms with Gasteiger partial charge in [0.2, 0.25) is 0 Å². The molecule has 0 saturated heterocycles. The molecule has 0 saturated carbocycles. The lowest BCUT2D eigenvalue weighted by molar-refractivity contribution is 0.699. The van der Waals surface area contributed by atoms with Crippen LogP contribution < -0.4 is 5.73 Å². The lowest BCUT2D eigenvalue weighted by Gasteiger charge is -2.11. The van der Waals surface area contributed by atoms with Gasteiger partial charge in [-0.2, -0.15) is 0 Å². The molecule has 1 aromatic rings. The quantitative estimate of drug-likeness (QED) is 0.784. The standard InChI is InChI=1S/C9H11Cl2N/c1-2-8(12)6-4-3-5-7(10)9(6)11/h3-5,8H,2,12H2,1H3/t8-/m0/s1. The highest BCUT2D eigenvalue weighted by Crippen LogP contribution is 2.29. The van der Waals surface area contributed by atoms with Crippen LogP contribution in [0.1, 0.15) is 24.9 Å². The molecule has 0 bridgehead atoms. The van der Waals surface area contributed by atoms with Crippen LogP contribution >= 0.6 is 23.2 Å². The molecular formula is C9H11Cl2N. The van der Waals surface area contributed by atoms with Crippen LogP contribution in [0.4, 0.5) is 0 Å². The van der Waals surface area contributed by atoms with Gasteiger partial charge in [-0.1, -0.05) is 42.3 Å². The van der Waals surface area contributed by atoms with Crippen LogP contribution in [0, 0.1) is 0 Å². The Morgan fingerprint density at radius 3 is 2.67 bits per heavy atom. The van der Waals surface area contributed by atoms with Crippen LogP contribution in [0.3, 0.4) is 0 Å². The Morgan fingerprint density at radius 1 is 1.42 bits per heavy atom. The van der Waals surface area contributed by atoms with Crippen molar-refractivity contribution < 1.29 is 0 Å². The highest BCUT2D eigenvalue weighted by Gasteiger charge is 2.09. The fourth-order valence-electron chi connectivity index (χ4n) is 1.03. The third-order valence-electron chi connectivity index (χ3n) is 1.82. The predicted molar refractivity (Wildman–Crippen MR) is 53.7 cm³/mol. The lowest BCUT2D eigenvalue weighted by atomic mass is 10.1. The summed E-state index contributed by atoms with van der Waals surface area (Å²) >= 11 is 11.8. The molecule has 0 unspecified atom stereocenters. The summed E-state index contributed by atoms with van der Waals surface area (Å²) in [4.78, 5) is 0. The molecule has 0 fully saturated rings. The molecule has 0 heterocycles. The number of rotatable bonds is 2. The van der Waals surface area contributed by atoms with Crippen molar-refractivity contribution in [2.45, 2.75) is 19.4 Å². The van der Waals surface area contributed by atoms with Gasteiger partial charge in [0, 0.05) is 6.04 Å². The minimum Gasteiger partial charge on any atom is -0.324 e. The maximum Gasteiger partial charge on any atom is 0.0639 e. The molecule has 0 spiro atoms. The Morgan fingerprint density at radius 2 is 2.08 bits per heavy atom. The van der Waals surface area contributed by atoms with E-state index in [2.05, 4.69) is 0 Å². The van der Waals surface area contributed by atoms with Gasteiger partial charge in [-0.05, 0) is 18.1 Å². The van der Waals surface area contributed by atoms with Crippen molar-refractivity contribution in [3.63, 3.8) is 0 Å². The minimum atomic E-state index is -0.0174. The zero-order valence-electron chi connectivity index (χ0n) is 6.85. The Hall–Kier alpha value is -0.240. The van der Waals surface area contributed by atoms with E-state index in [0.29, 0.717) is 10.0 Å². The normalized spacial score (nSPS) is 13.0. The lowest BCUT2D eigenvalue weighted by Crippen LogP contribution is -2.09. The molecule has 0 aromatic heterocycles. The fraction of sp³-hybridized carbons (Fsp3) is 0.333. The van der Waals surface area contributed by atoms with Crippen LogP contribution in [0.5, 0.6) is 0 Å². The van der Waals surface area contributed by atoms with Gasteiger partial charge in [0.05, 0.1) is 10.0 Å². The molecule has 2 N–H and O–H groups in total. The average molecular weight is 204 g/mol. The molecule has 1 rings (SSSR count). The summed E-state index contributed by atoms with van der Waals surface area (Å²) in [6, 6.07) is 5.51. The largest absolute Gasteiger partial charge is 0.324 e. The van der Waals surface area contributed by atoms with E-state index in [1.807, 2.05) is 19.1 Å². The van der Waals surface area contributed by atoms with E-state index in [9.17, 15) is 0 Å². The summed E-state index contributed by atoms with van der Waals surface area (Å²) in [6.45, 7) is 2.02. The zero-order valence-corrected chi connectivity index (χ0v) is 8.36. The van der Waals surface area contributed by atoms with Crippen molar-refractivity contribution in [3.8, 4) is 0 Å². The number of halogens is 2. The van der Waals surface area contributed by atoms with Gasteiger partial charge in [-0.15, -0.1) is 0 Å². The Bertz CT molecular complexity index is 273. The molecule has 3 heteroatoms. The van der Waals surface area contributed by atoms with Crippen molar-refractivity contribution in [1.29, 1.82) is 0 Å². The third kappa shape index (κ3) is 1.92. The summed E-state index contributed by atoms with van der Waals surface area (Å²) < 4.78 is 0. The van der Waals surface area contributed by atoms with Crippen molar-refractivity contribution in [3.05, 3.63) is 33.8 Å². The molecule has 0 aliphatic heterocycles. The second-order valence-corrected chi connectivity index (χ2v) is 3.44. The van der Waals surface area contributed by atoms with E-state index < -0.39 is 0 Å². The highest BCUT2D eigenvalue weighted by atomic mass is 35.5. The second kappa shape index (κ2) is 4.13. The molecule has 12 heavy (non-hydrogen) atoms. The van der Waals surface area contributed by atoms with Gasteiger partial charge in [0.25, 0.3) is 0 Å². The molecular weight excluding hydrogens is 193 g/mol. The summed E-state index contributed by atoms with van der Waals surface area (Å²) in [6.07, 6.45) is 0.861. The smallest absolute Gasteiger partial charge is 0.0639 e. The van der Waals surface area contributed by atoms with Gasteiger partial charge >= 0.3 is 0 Å². The van der Waals surface area contributed by atoms with Crippen LogP contribution in [0.25, 0.3) is 0 Å². The second-order valence-electron chi connectivity index (χ2n) is 2.66. The Balaban J connectivity index is 3.07. The third-order valence-corrected chi connectivity index (χ3v) is 2.65. The molecule has 1 aromatic carbocycles. The van der Waals surface area contributed by atoms with E-state index in [1.165, 1.54) is 0 Å². The molecule has 0 amide bonds. The van der Waals surface area contributed by atoms with Crippen molar-refractivity contribution in [2.75, 3.05) is 0 Å². The minimum absolute atomic E-state index is 0.0174. The SMILES string of the molecule is CC[C@H](N)c1cccc(Cl)c1Cl. The van der Waals surface area contributed by atoms with E-state index in [1.54, 1.807) is 6.07 Å². The topological polar surface area (TPSA) is 26.0 Å². The highest BCUT2D eigenvalue weighted by molar-refractivity contribution is 6.42. The Labute approximate surface area is 82.5 Å². The van der Waals surface area contributed by atoms with E-state index in [0.717, 1.165) is 12.0 Å². The van der Waals surface area contributed by atoms with Gasteiger partial charge in [0.15, 0.2) is 0 Å². The molecule has 66 valence electrons. The first-order valence-corrected chi connectivity index (χ1v) is 4.62. The van der Waals surface area contributed by atoms with E-state index >= 15 is 0 Å². The summed E-state index contributed by atoms with van der Waals surface area (Å²) in [5.74, 6) is 0. The molecule has 1 atom stereocenters. The van der Waals surface area contributed by atoms with Crippen LogP contribution in [0.15, 0.2) is 18.2 Å². The first-order chi connectivity index (χ1) is 5.66. The van der Waals surface area contributed by atoms with Crippen LogP contribution in [0.2, 0.25) is 10.0 Å². The van der Waals surface area contributed by atoms with Crippen molar-refractivity contribution in [1.82, 2.24) is 0 Å². The van der Waals surface area contributed by atoms with Gasteiger partial charge in [0.1, 0.15) is 0 Å². The zero-order chi connectivity index (χ0) is 9.14. The van der Waals surface area contributed by atoms with Gasteiger partial charge in [-0.25, -0.2) is 0 Å². The summed E-state index contributed by atoms with van der Waals surface area (Å²) in [5.41, 5.74) is 6.74. The van der Waals surface area contributed by atoms with Gasteiger partial charge in [-0.3, -0.25) is 0 Å². The first-order valence-electron chi connectivity index (χ1n) is 3.86. The molecule has 0 radical (unpaired) electrons. The maximum atomic E-state index is 5.95. The Kier molecular flexibility index (Phi) is 3.39. The van der Waals surface area contributed by atoms with Crippen molar-refractivity contribution >= 4 is 23.2 Å². The number of hydrogen-bond acceptors (Lipinski definition) is 1. The predicted octanol–water partition coefficient (Wildman–Crippen LogP) is 3.40. The molecule has 0 aliphatic carbocycles. The summed E-state index contributed by atoms with van der Waals surface area (Å²) in [7, 11) is 0. The van der Waals surface area contributed by atoms with E-state index in [-0.39, 0.29) is 6.04 Å². The fourth-order valence-corrected chi connectivity index (χ4v) is 1.47.